The fraction of sp³-hybridized carbons (Fsp3) is 0.286. The lowest BCUT2D eigenvalue weighted by atomic mass is 10.1. The Bertz CT molecular complexity index is 1410. The maximum absolute atomic E-state index is 13.9. The fourth-order valence-corrected chi connectivity index (χ4v) is 5.88. The van der Waals surface area contributed by atoms with Crippen LogP contribution in [0.3, 0.4) is 0 Å². The molecule has 0 bridgehead atoms. The molecular formula is C28H31Cl2N3O4S. The van der Waals surface area contributed by atoms with Crippen LogP contribution in [0.5, 0.6) is 0 Å². The van der Waals surface area contributed by atoms with Crippen molar-refractivity contribution in [3.8, 4) is 0 Å². The fourth-order valence-electron chi connectivity index (χ4n) is 3.93. The predicted molar refractivity (Wildman–Crippen MR) is 152 cm³/mol. The van der Waals surface area contributed by atoms with Gasteiger partial charge in [0.1, 0.15) is 12.6 Å². The van der Waals surface area contributed by atoms with Gasteiger partial charge in [-0.25, -0.2) is 8.42 Å². The van der Waals surface area contributed by atoms with E-state index in [0.29, 0.717) is 33.4 Å². The number of carbonyl (C=O) groups is 2. The van der Waals surface area contributed by atoms with Gasteiger partial charge in [-0.05, 0) is 69.2 Å². The molecule has 0 radical (unpaired) electrons. The van der Waals surface area contributed by atoms with Crippen molar-refractivity contribution in [2.75, 3.05) is 17.4 Å². The van der Waals surface area contributed by atoms with Crippen LogP contribution in [0.25, 0.3) is 0 Å². The van der Waals surface area contributed by atoms with E-state index in [0.717, 1.165) is 9.87 Å². The summed E-state index contributed by atoms with van der Waals surface area (Å²) in [6.07, 6.45) is 0. The van der Waals surface area contributed by atoms with Crippen LogP contribution in [0.4, 0.5) is 5.69 Å². The lowest BCUT2D eigenvalue weighted by molar-refractivity contribution is -0.139. The quantitative estimate of drug-likeness (QED) is 0.352. The van der Waals surface area contributed by atoms with Gasteiger partial charge in [-0.2, -0.15) is 0 Å². The number of likely N-dealkylation sites (N-methyl/N-ethyl adjacent to an activating group) is 1. The summed E-state index contributed by atoms with van der Waals surface area (Å²) in [6, 6.07) is 17.4. The van der Waals surface area contributed by atoms with E-state index < -0.39 is 28.5 Å². The highest BCUT2D eigenvalue weighted by atomic mass is 35.5. The van der Waals surface area contributed by atoms with Crippen LogP contribution >= 0.6 is 23.2 Å². The zero-order chi connectivity index (χ0) is 28.0. The first-order chi connectivity index (χ1) is 17.9. The van der Waals surface area contributed by atoms with Gasteiger partial charge in [-0.1, -0.05) is 65.2 Å². The minimum Gasteiger partial charge on any atom is -0.355 e. The smallest absolute Gasteiger partial charge is 0.264 e. The van der Waals surface area contributed by atoms with Crippen LogP contribution < -0.4 is 9.62 Å². The molecule has 1 N–H and O–H groups in total. The first kappa shape index (κ1) is 29.5. The predicted octanol–water partition coefficient (Wildman–Crippen LogP) is 5.36. The second-order valence-electron chi connectivity index (χ2n) is 8.94. The number of carbonyl (C=O) groups excluding carboxylic acids is 2. The molecule has 1 atom stereocenters. The van der Waals surface area contributed by atoms with Crippen LogP contribution in [0.15, 0.2) is 71.6 Å². The highest BCUT2D eigenvalue weighted by Crippen LogP contribution is 2.28. The molecule has 7 nitrogen and oxygen atoms in total. The average molecular weight is 577 g/mol. The van der Waals surface area contributed by atoms with Gasteiger partial charge in [-0.3, -0.25) is 13.9 Å². The first-order valence-electron chi connectivity index (χ1n) is 12.1. The molecule has 0 unspecified atom stereocenters. The number of nitrogens with zero attached hydrogens (tertiary/aromatic N) is 2. The molecule has 0 saturated carbocycles. The molecule has 0 aliphatic rings. The van der Waals surface area contributed by atoms with Crippen molar-refractivity contribution in [1.82, 2.24) is 10.2 Å². The number of aryl methyl sites for hydroxylation is 2. The monoisotopic (exact) mass is 575 g/mol. The standard InChI is InChI=1S/C28H31Cl2N3O4S/c1-5-31-28(35)21(4)32(17-22-12-13-23(29)16-25(22)30)27(34)18-33(26-9-7-6-8-20(26)3)38(36,37)24-14-10-19(2)11-15-24/h6-16,21H,5,17-18H2,1-4H3,(H,31,35)/t21-/m1/s1. The van der Waals surface area contributed by atoms with Crippen molar-refractivity contribution in [3.05, 3.63) is 93.5 Å². The van der Waals surface area contributed by atoms with E-state index in [1.165, 1.54) is 17.0 Å². The largest absolute Gasteiger partial charge is 0.355 e. The zero-order valence-corrected chi connectivity index (χ0v) is 24.1. The second-order valence-corrected chi connectivity index (χ2v) is 11.6. The topological polar surface area (TPSA) is 86.8 Å². The molecule has 202 valence electrons. The van der Waals surface area contributed by atoms with Gasteiger partial charge in [0.15, 0.2) is 0 Å². The molecule has 0 aromatic heterocycles. The molecule has 2 amide bonds. The molecule has 10 heteroatoms. The van der Waals surface area contributed by atoms with E-state index in [9.17, 15) is 18.0 Å². The van der Waals surface area contributed by atoms with Gasteiger partial charge in [0.25, 0.3) is 10.0 Å². The summed E-state index contributed by atoms with van der Waals surface area (Å²) in [7, 11) is -4.12. The van der Waals surface area contributed by atoms with Gasteiger partial charge < -0.3 is 10.2 Å². The number of hydrogen-bond donors (Lipinski definition) is 1. The molecule has 3 aromatic carbocycles. The van der Waals surface area contributed by atoms with Crippen LogP contribution in [0.2, 0.25) is 10.0 Å². The minimum atomic E-state index is -4.12. The summed E-state index contributed by atoms with van der Waals surface area (Å²) in [4.78, 5) is 28.0. The average Bonchev–Trinajstić information content (AvgIpc) is 2.87. The van der Waals surface area contributed by atoms with E-state index in [-0.39, 0.29) is 17.3 Å². The summed E-state index contributed by atoms with van der Waals surface area (Å²) in [6.45, 7) is 6.86. The Morgan fingerprint density at radius 2 is 1.63 bits per heavy atom. The van der Waals surface area contributed by atoms with Crippen molar-refractivity contribution in [2.45, 2.75) is 45.2 Å². The van der Waals surface area contributed by atoms with Gasteiger partial charge in [-0.15, -0.1) is 0 Å². The van der Waals surface area contributed by atoms with Crippen LogP contribution in [0.1, 0.15) is 30.5 Å². The third-order valence-corrected chi connectivity index (χ3v) is 8.51. The van der Waals surface area contributed by atoms with Crippen molar-refractivity contribution in [2.24, 2.45) is 0 Å². The maximum Gasteiger partial charge on any atom is 0.264 e. The Hall–Kier alpha value is -3.07. The van der Waals surface area contributed by atoms with Crippen molar-refractivity contribution in [1.29, 1.82) is 0 Å². The van der Waals surface area contributed by atoms with E-state index in [1.54, 1.807) is 75.4 Å². The van der Waals surface area contributed by atoms with Gasteiger partial charge in [0.2, 0.25) is 11.8 Å². The number of amides is 2. The van der Waals surface area contributed by atoms with E-state index >= 15 is 0 Å². The molecule has 0 heterocycles. The molecule has 0 aliphatic carbocycles. The molecule has 0 spiro atoms. The Labute approximate surface area is 234 Å². The highest BCUT2D eigenvalue weighted by Gasteiger charge is 2.33. The second kappa shape index (κ2) is 12.7. The Balaban J connectivity index is 2.06. The summed E-state index contributed by atoms with van der Waals surface area (Å²) in [5, 5.41) is 3.50. The Kier molecular flexibility index (Phi) is 9.82. The number of halogens is 2. The maximum atomic E-state index is 13.9. The third-order valence-electron chi connectivity index (χ3n) is 6.15. The SMILES string of the molecule is CCNC(=O)[C@@H](C)N(Cc1ccc(Cl)cc1Cl)C(=O)CN(c1ccccc1C)S(=O)(=O)c1ccc(C)cc1. The molecule has 38 heavy (non-hydrogen) atoms. The van der Waals surface area contributed by atoms with Crippen molar-refractivity contribution < 1.29 is 18.0 Å². The van der Waals surface area contributed by atoms with Crippen LogP contribution in [-0.4, -0.2) is 44.3 Å². The van der Waals surface area contributed by atoms with Gasteiger partial charge >= 0.3 is 0 Å². The molecular weight excluding hydrogens is 545 g/mol. The summed E-state index contributed by atoms with van der Waals surface area (Å²) < 4.78 is 28.8. The summed E-state index contributed by atoms with van der Waals surface area (Å²) >= 11 is 12.4. The van der Waals surface area contributed by atoms with Crippen molar-refractivity contribution >= 4 is 50.7 Å². The van der Waals surface area contributed by atoms with Crippen LogP contribution in [-0.2, 0) is 26.2 Å². The minimum absolute atomic E-state index is 0.0146. The lowest BCUT2D eigenvalue weighted by Gasteiger charge is -2.32. The molecule has 0 aliphatic heterocycles. The highest BCUT2D eigenvalue weighted by molar-refractivity contribution is 7.92. The number of benzene rings is 3. The molecule has 0 saturated heterocycles. The normalized spacial score (nSPS) is 12.1. The number of sulfonamides is 1. The molecule has 3 rings (SSSR count). The number of rotatable bonds is 10. The van der Waals surface area contributed by atoms with Crippen molar-refractivity contribution in [3.63, 3.8) is 0 Å². The van der Waals surface area contributed by atoms with Crippen LogP contribution in [0, 0.1) is 13.8 Å². The summed E-state index contributed by atoms with van der Waals surface area (Å²) in [5.74, 6) is -0.927. The number of para-hydroxylation sites is 1. The number of nitrogens with one attached hydrogen (secondary N) is 1. The third kappa shape index (κ3) is 6.87. The summed E-state index contributed by atoms with van der Waals surface area (Å²) in [5.41, 5.74) is 2.53. The van der Waals surface area contributed by atoms with Gasteiger partial charge in [0.05, 0.1) is 10.6 Å². The number of hydrogen-bond acceptors (Lipinski definition) is 4. The van der Waals surface area contributed by atoms with Gasteiger partial charge in [0, 0.05) is 23.1 Å². The Morgan fingerprint density at radius 1 is 0.974 bits per heavy atom. The number of anilines is 1. The molecule has 3 aromatic rings. The van der Waals surface area contributed by atoms with E-state index in [2.05, 4.69) is 5.32 Å². The lowest BCUT2D eigenvalue weighted by Crippen LogP contribution is -2.51. The molecule has 0 fully saturated rings. The van der Waals surface area contributed by atoms with E-state index in [1.807, 2.05) is 6.92 Å². The Morgan fingerprint density at radius 3 is 2.24 bits per heavy atom. The first-order valence-corrected chi connectivity index (χ1v) is 14.3. The van der Waals surface area contributed by atoms with E-state index in [4.69, 9.17) is 23.2 Å². The zero-order valence-electron chi connectivity index (χ0n) is 21.7.